The maximum absolute atomic E-state index is 12.6. The smallest absolute Gasteiger partial charge is 0.382 e. The Morgan fingerprint density at radius 1 is 1.53 bits per heavy atom. The molecule has 0 aromatic heterocycles. The Kier molecular flexibility index (Phi) is 4.47. The first-order valence-electron chi connectivity index (χ1n) is 5.10. The fourth-order valence-corrected chi connectivity index (χ4v) is 1.29. The zero-order valence-corrected chi connectivity index (χ0v) is 9.53. The van der Waals surface area contributed by atoms with E-state index in [9.17, 15) is 18.0 Å². The van der Waals surface area contributed by atoms with Gasteiger partial charge in [0.1, 0.15) is 6.10 Å². The first-order valence-corrected chi connectivity index (χ1v) is 5.10. The van der Waals surface area contributed by atoms with Crippen molar-refractivity contribution in [2.45, 2.75) is 12.3 Å². The van der Waals surface area contributed by atoms with E-state index in [0.717, 1.165) is 12.1 Å². The van der Waals surface area contributed by atoms with E-state index in [2.05, 4.69) is 5.32 Å². The monoisotopic (exact) mass is 273 g/mol. The predicted octanol–water partition coefficient (Wildman–Crippen LogP) is 0.835. The van der Waals surface area contributed by atoms with E-state index in [4.69, 9.17) is 16.1 Å². The summed E-state index contributed by atoms with van der Waals surface area (Å²) in [6, 6.07) is 4.11. The number of halogens is 3. The van der Waals surface area contributed by atoms with Gasteiger partial charge in [0.15, 0.2) is 0 Å². The maximum Gasteiger partial charge on any atom is 0.417 e. The summed E-state index contributed by atoms with van der Waals surface area (Å²) >= 11 is 0. The van der Waals surface area contributed by atoms with Crippen LogP contribution in [-0.4, -0.2) is 23.7 Å². The first-order chi connectivity index (χ1) is 8.79. The standard InChI is InChI=1S/C11H10F3N3O2/c12-11(13,14)8-3-7(2-1-6(8)4-15)17-10(19)9(18)5-16/h1-3,9,18H,5,16H2,(H,17,19). The molecular formula is C11H10F3N3O2. The molecule has 1 unspecified atom stereocenters. The highest BCUT2D eigenvalue weighted by atomic mass is 19.4. The molecule has 1 aromatic carbocycles. The third kappa shape index (κ3) is 3.67. The maximum atomic E-state index is 12.6. The number of anilines is 1. The third-order valence-corrected chi connectivity index (χ3v) is 2.24. The number of nitrogens with zero attached hydrogens (tertiary/aromatic N) is 1. The molecule has 102 valence electrons. The summed E-state index contributed by atoms with van der Waals surface area (Å²) in [5.74, 6) is -0.916. The fraction of sp³-hybridized carbons (Fsp3) is 0.273. The van der Waals surface area contributed by atoms with Crippen molar-refractivity contribution < 1.29 is 23.1 Å². The molecule has 5 nitrogen and oxygen atoms in total. The molecule has 19 heavy (non-hydrogen) atoms. The molecule has 0 aliphatic rings. The van der Waals surface area contributed by atoms with Crippen LogP contribution in [-0.2, 0) is 11.0 Å². The number of hydrogen-bond donors (Lipinski definition) is 3. The van der Waals surface area contributed by atoms with Gasteiger partial charge in [-0.3, -0.25) is 4.79 Å². The Hall–Kier alpha value is -2.11. The molecule has 0 heterocycles. The summed E-state index contributed by atoms with van der Waals surface area (Å²) in [6.07, 6.45) is -6.22. The van der Waals surface area contributed by atoms with Crippen LogP contribution in [0.3, 0.4) is 0 Å². The van der Waals surface area contributed by atoms with Gasteiger partial charge in [-0.15, -0.1) is 0 Å². The number of alkyl halides is 3. The lowest BCUT2D eigenvalue weighted by Gasteiger charge is -2.13. The lowest BCUT2D eigenvalue weighted by molar-refractivity contribution is -0.137. The minimum atomic E-state index is -4.71. The summed E-state index contributed by atoms with van der Waals surface area (Å²) in [5.41, 5.74) is 3.15. The van der Waals surface area contributed by atoms with Crippen molar-refractivity contribution in [1.29, 1.82) is 5.26 Å². The van der Waals surface area contributed by atoms with Crippen LogP contribution in [0.2, 0.25) is 0 Å². The molecule has 0 saturated heterocycles. The summed E-state index contributed by atoms with van der Waals surface area (Å²) < 4.78 is 37.9. The molecule has 0 spiro atoms. The van der Waals surface area contributed by atoms with Crippen molar-refractivity contribution in [1.82, 2.24) is 0 Å². The van der Waals surface area contributed by atoms with Crippen LogP contribution in [0.5, 0.6) is 0 Å². The van der Waals surface area contributed by atoms with Gasteiger partial charge in [-0.05, 0) is 18.2 Å². The Morgan fingerprint density at radius 3 is 2.63 bits per heavy atom. The second kappa shape index (κ2) is 5.69. The van der Waals surface area contributed by atoms with E-state index in [1.165, 1.54) is 6.07 Å². The average Bonchev–Trinajstić information content (AvgIpc) is 2.36. The van der Waals surface area contributed by atoms with Gasteiger partial charge in [0.2, 0.25) is 0 Å². The summed E-state index contributed by atoms with van der Waals surface area (Å²) in [4.78, 5) is 11.3. The number of nitriles is 1. The molecule has 1 rings (SSSR count). The van der Waals surface area contributed by atoms with Gasteiger partial charge in [-0.2, -0.15) is 18.4 Å². The SMILES string of the molecule is N#Cc1ccc(NC(=O)C(O)CN)cc1C(F)(F)F. The summed E-state index contributed by atoms with van der Waals surface area (Å²) in [5, 5.41) is 19.8. The van der Waals surface area contributed by atoms with E-state index < -0.39 is 29.3 Å². The number of nitrogens with two attached hydrogens (primary N) is 1. The predicted molar refractivity (Wildman–Crippen MR) is 59.8 cm³/mol. The van der Waals surface area contributed by atoms with E-state index in [1.807, 2.05) is 0 Å². The van der Waals surface area contributed by atoms with E-state index in [-0.39, 0.29) is 12.2 Å². The van der Waals surface area contributed by atoms with Crippen LogP contribution in [0, 0.1) is 11.3 Å². The highest BCUT2D eigenvalue weighted by molar-refractivity contribution is 5.94. The number of carbonyl (C=O) groups is 1. The highest BCUT2D eigenvalue weighted by Crippen LogP contribution is 2.33. The topological polar surface area (TPSA) is 99.1 Å². The van der Waals surface area contributed by atoms with Crippen molar-refractivity contribution in [2.24, 2.45) is 5.73 Å². The molecule has 0 bridgehead atoms. The summed E-state index contributed by atoms with van der Waals surface area (Å²) in [7, 11) is 0. The minimum absolute atomic E-state index is 0.177. The van der Waals surface area contributed by atoms with Gasteiger partial charge in [-0.25, -0.2) is 0 Å². The molecular weight excluding hydrogens is 263 g/mol. The van der Waals surface area contributed by atoms with Crippen molar-refractivity contribution in [3.05, 3.63) is 29.3 Å². The zero-order valence-electron chi connectivity index (χ0n) is 9.53. The van der Waals surface area contributed by atoms with E-state index in [1.54, 1.807) is 0 Å². The summed E-state index contributed by atoms with van der Waals surface area (Å²) in [6.45, 7) is -0.353. The number of benzene rings is 1. The van der Waals surface area contributed by atoms with Crippen LogP contribution < -0.4 is 11.1 Å². The van der Waals surface area contributed by atoms with Gasteiger partial charge in [0.25, 0.3) is 5.91 Å². The number of aliphatic hydroxyl groups is 1. The minimum Gasteiger partial charge on any atom is -0.382 e. The molecule has 0 aliphatic carbocycles. The van der Waals surface area contributed by atoms with Crippen LogP contribution in [0.15, 0.2) is 18.2 Å². The molecule has 0 radical (unpaired) electrons. The molecule has 1 atom stereocenters. The van der Waals surface area contributed by atoms with Crippen molar-refractivity contribution in [3.63, 3.8) is 0 Å². The highest BCUT2D eigenvalue weighted by Gasteiger charge is 2.34. The molecule has 0 aliphatic heterocycles. The lowest BCUT2D eigenvalue weighted by atomic mass is 10.1. The molecule has 0 saturated carbocycles. The Labute approximate surface area is 106 Å². The third-order valence-electron chi connectivity index (χ3n) is 2.24. The van der Waals surface area contributed by atoms with Crippen molar-refractivity contribution in [2.75, 3.05) is 11.9 Å². The Balaban J connectivity index is 3.07. The fourth-order valence-electron chi connectivity index (χ4n) is 1.29. The largest absolute Gasteiger partial charge is 0.417 e. The van der Waals surface area contributed by atoms with Crippen LogP contribution in [0.4, 0.5) is 18.9 Å². The number of hydrogen-bond acceptors (Lipinski definition) is 4. The molecule has 1 aromatic rings. The molecule has 1 amide bonds. The van der Waals surface area contributed by atoms with Gasteiger partial charge in [-0.1, -0.05) is 0 Å². The zero-order chi connectivity index (χ0) is 14.6. The number of aliphatic hydroxyl groups excluding tert-OH is 1. The van der Waals surface area contributed by atoms with Crippen LogP contribution in [0.25, 0.3) is 0 Å². The molecule has 8 heteroatoms. The van der Waals surface area contributed by atoms with Gasteiger partial charge < -0.3 is 16.2 Å². The van der Waals surface area contributed by atoms with Gasteiger partial charge in [0.05, 0.1) is 17.2 Å². The van der Waals surface area contributed by atoms with Gasteiger partial charge >= 0.3 is 6.18 Å². The number of carbonyl (C=O) groups excluding carboxylic acids is 1. The number of rotatable bonds is 3. The van der Waals surface area contributed by atoms with E-state index >= 15 is 0 Å². The second-order valence-electron chi connectivity index (χ2n) is 3.61. The molecule has 4 N–H and O–H groups in total. The van der Waals surface area contributed by atoms with Crippen molar-refractivity contribution in [3.8, 4) is 6.07 Å². The first kappa shape index (κ1) is 14.9. The Morgan fingerprint density at radius 2 is 2.16 bits per heavy atom. The number of amides is 1. The van der Waals surface area contributed by atoms with Crippen LogP contribution in [0.1, 0.15) is 11.1 Å². The quantitative estimate of drug-likeness (QED) is 0.759. The van der Waals surface area contributed by atoms with Gasteiger partial charge in [0, 0.05) is 12.2 Å². The average molecular weight is 273 g/mol. The van der Waals surface area contributed by atoms with E-state index in [0.29, 0.717) is 6.07 Å². The van der Waals surface area contributed by atoms with Crippen LogP contribution >= 0.6 is 0 Å². The normalized spacial score (nSPS) is 12.6. The second-order valence-corrected chi connectivity index (χ2v) is 3.61. The number of nitrogens with one attached hydrogen (secondary N) is 1. The Bertz CT molecular complexity index is 523. The molecule has 0 fully saturated rings. The lowest BCUT2D eigenvalue weighted by Crippen LogP contribution is -2.34. The van der Waals surface area contributed by atoms with Crippen molar-refractivity contribution >= 4 is 11.6 Å².